The van der Waals surface area contributed by atoms with E-state index in [1.54, 1.807) is 42.5 Å². The molecule has 0 radical (unpaired) electrons. The van der Waals surface area contributed by atoms with Crippen molar-refractivity contribution >= 4 is 0 Å². The van der Waals surface area contributed by atoms with Crippen molar-refractivity contribution in [3.63, 3.8) is 0 Å². The van der Waals surface area contributed by atoms with E-state index in [4.69, 9.17) is 9.47 Å². The highest BCUT2D eigenvalue weighted by Crippen LogP contribution is 2.33. The zero-order valence-corrected chi connectivity index (χ0v) is 9.96. The van der Waals surface area contributed by atoms with E-state index in [0.29, 0.717) is 22.6 Å². The number of aliphatic hydroxyl groups is 2. The number of hydrogen-bond donors (Lipinski definition) is 2. The van der Waals surface area contributed by atoms with Crippen LogP contribution in [0, 0.1) is 0 Å². The maximum Gasteiger partial charge on any atom is 0.289 e. The molecule has 0 aliphatic heterocycles. The van der Waals surface area contributed by atoms with E-state index in [1.165, 1.54) is 7.11 Å². The topological polar surface area (TPSA) is 58.9 Å². The maximum absolute atomic E-state index is 9.86. The molecule has 0 amide bonds. The van der Waals surface area contributed by atoms with Crippen LogP contribution >= 0.6 is 0 Å². The molecule has 18 heavy (non-hydrogen) atoms. The average molecular weight is 246 g/mol. The first-order valence-electron chi connectivity index (χ1n) is 5.49. The van der Waals surface area contributed by atoms with Crippen LogP contribution in [0.4, 0.5) is 0 Å². The molecule has 94 valence electrons. The molecule has 0 unspecified atom stereocenters. The summed E-state index contributed by atoms with van der Waals surface area (Å²) in [6.07, 6.45) is 7.04. The van der Waals surface area contributed by atoms with Crippen molar-refractivity contribution in [2.45, 2.75) is 6.61 Å². The van der Waals surface area contributed by atoms with Crippen LogP contribution in [-0.2, 0) is 6.61 Å². The smallest absolute Gasteiger partial charge is 0.289 e. The number of benzene rings is 1. The number of ether oxygens (including phenoxy) is 2. The van der Waals surface area contributed by atoms with E-state index in [9.17, 15) is 10.2 Å². The van der Waals surface area contributed by atoms with Gasteiger partial charge in [-0.1, -0.05) is 24.3 Å². The highest BCUT2D eigenvalue weighted by atomic mass is 16.6. The Bertz CT molecular complexity index is 490. The Labute approximate surface area is 105 Å². The normalized spacial score (nSPS) is 12.9. The van der Waals surface area contributed by atoms with Crippen molar-refractivity contribution in [2.75, 3.05) is 7.11 Å². The highest BCUT2D eigenvalue weighted by molar-refractivity contribution is 5.48. The minimum atomic E-state index is -0.223. The Balaban J connectivity index is 2.36. The summed E-state index contributed by atoms with van der Waals surface area (Å²) in [4.78, 5) is 0. The van der Waals surface area contributed by atoms with Gasteiger partial charge >= 0.3 is 0 Å². The second kappa shape index (κ2) is 5.42. The lowest BCUT2D eigenvalue weighted by Gasteiger charge is -2.13. The van der Waals surface area contributed by atoms with Gasteiger partial charge < -0.3 is 19.7 Å². The minimum absolute atomic E-state index is 0.194. The number of methoxy groups -OCH3 is 1. The molecular formula is C14H14O4. The molecular weight excluding hydrogens is 232 g/mol. The van der Waals surface area contributed by atoms with Crippen LogP contribution in [0.25, 0.3) is 0 Å². The molecule has 0 heterocycles. The van der Waals surface area contributed by atoms with E-state index in [0.717, 1.165) is 0 Å². The van der Waals surface area contributed by atoms with Gasteiger partial charge in [-0.25, -0.2) is 0 Å². The standard InChI is InChI=1S/C14H14O4/c1-17-12-8-4-7-11(9-15)13(12)18-14(16)10-5-2-3-6-10/h2-8,15-16H,9H2,1H3. The molecule has 0 saturated carbocycles. The van der Waals surface area contributed by atoms with E-state index in [1.807, 2.05) is 0 Å². The predicted molar refractivity (Wildman–Crippen MR) is 67.5 cm³/mol. The summed E-state index contributed by atoms with van der Waals surface area (Å²) in [5, 5.41) is 19.1. The summed E-state index contributed by atoms with van der Waals surface area (Å²) >= 11 is 0. The molecule has 0 bridgehead atoms. The number of rotatable bonds is 4. The summed E-state index contributed by atoms with van der Waals surface area (Å²) in [5.74, 6) is 0.556. The zero-order chi connectivity index (χ0) is 13.0. The lowest BCUT2D eigenvalue weighted by Crippen LogP contribution is -2.02. The van der Waals surface area contributed by atoms with Gasteiger partial charge in [0.05, 0.1) is 19.3 Å². The van der Waals surface area contributed by atoms with Crippen LogP contribution in [0.1, 0.15) is 5.56 Å². The van der Waals surface area contributed by atoms with Crippen molar-refractivity contribution in [3.05, 3.63) is 59.6 Å². The molecule has 0 aromatic heterocycles. The van der Waals surface area contributed by atoms with Crippen LogP contribution in [-0.4, -0.2) is 17.3 Å². The van der Waals surface area contributed by atoms with E-state index in [-0.39, 0.29) is 12.6 Å². The van der Waals surface area contributed by atoms with Crippen molar-refractivity contribution in [1.82, 2.24) is 0 Å². The second-order valence-electron chi connectivity index (χ2n) is 3.69. The van der Waals surface area contributed by atoms with Crippen molar-refractivity contribution in [1.29, 1.82) is 0 Å². The van der Waals surface area contributed by atoms with Gasteiger partial charge in [0, 0.05) is 5.56 Å². The van der Waals surface area contributed by atoms with Gasteiger partial charge in [0.25, 0.3) is 5.95 Å². The predicted octanol–water partition coefficient (Wildman–Crippen LogP) is 2.46. The van der Waals surface area contributed by atoms with Crippen LogP contribution < -0.4 is 9.47 Å². The van der Waals surface area contributed by atoms with Crippen LogP contribution in [0.3, 0.4) is 0 Å². The number of para-hydroxylation sites is 1. The van der Waals surface area contributed by atoms with Gasteiger partial charge in [-0.15, -0.1) is 0 Å². The van der Waals surface area contributed by atoms with Crippen molar-refractivity contribution < 1.29 is 19.7 Å². The lowest BCUT2D eigenvalue weighted by atomic mass is 10.2. The average Bonchev–Trinajstić information content (AvgIpc) is 2.93. The molecule has 1 aromatic carbocycles. The monoisotopic (exact) mass is 246 g/mol. The number of allylic oxidation sites excluding steroid dienone is 5. The fourth-order valence-electron chi connectivity index (χ4n) is 1.63. The molecule has 0 fully saturated rings. The quantitative estimate of drug-likeness (QED) is 0.801. The largest absolute Gasteiger partial charge is 0.493 e. The van der Waals surface area contributed by atoms with Crippen molar-refractivity contribution in [2.24, 2.45) is 0 Å². The summed E-state index contributed by atoms with van der Waals surface area (Å²) in [5.41, 5.74) is 1.12. The Morgan fingerprint density at radius 3 is 2.56 bits per heavy atom. The minimum Gasteiger partial charge on any atom is -0.493 e. The number of aliphatic hydroxyl groups excluding tert-OH is 2. The van der Waals surface area contributed by atoms with Gasteiger partial charge in [0.15, 0.2) is 11.5 Å². The first-order valence-corrected chi connectivity index (χ1v) is 5.49. The van der Waals surface area contributed by atoms with Crippen LogP contribution in [0.2, 0.25) is 0 Å². The SMILES string of the molecule is COc1cccc(CO)c1OC(O)=C1C=CC=C1. The molecule has 0 saturated heterocycles. The zero-order valence-electron chi connectivity index (χ0n) is 9.96. The molecule has 1 aromatic rings. The Hall–Kier alpha value is -2.20. The fraction of sp³-hybridized carbons (Fsp3) is 0.143. The van der Waals surface area contributed by atoms with Gasteiger partial charge in [-0.2, -0.15) is 0 Å². The summed E-state index contributed by atoms with van der Waals surface area (Å²) in [7, 11) is 1.50. The van der Waals surface area contributed by atoms with E-state index >= 15 is 0 Å². The fourth-order valence-corrected chi connectivity index (χ4v) is 1.63. The first-order chi connectivity index (χ1) is 8.76. The summed E-state index contributed by atoms with van der Waals surface area (Å²) in [6, 6.07) is 5.15. The van der Waals surface area contributed by atoms with E-state index in [2.05, 4.69) is 0 Å². The maximum atomic E-state index is 9.86. The third kappa shape index (κ3) is 2.38. The Morgan fingerprint density at radius 1 is 1.22 bits per heavy atom. The van der Waals surface area contributed by atoms with Gasteiger partial charge in [-0.3, -0.25) is 0 Å². The van der Waals surface area contributed by atoms with E-state index < -0.39 is 0 Å². The summed E-state index contributed by atoms with van der Waals surface area (Å²) < 4.78 is 10.5. The number of hydrogen-bond acceptors (Lipinski definition) is 4. The molecule has 1 aliphatic rings. The highest BCUT2D eigenvalue weighted by Gasteiger charge is 2.13. The van der Waals surface area contributed by atoms with Gasteiger partial charge in [0.1, 0.15) is 0 Å². The first kappa shape index (κ1) is 12.3. The summed E-state index contributed by atoms with van der Waals surface area (Å²) in [6.45, 7) is -0.194. The second-order valence-corrected chi connectivity index (χ2v) is 3.69. The van der Waals surface area contributed by atoms with Crippen LogP contribution in [0.15, 0.2) is 54.0 Å². The van der Waals surface area contributed by atoms with Crippen LogP contribution in [0.5, 0.6) is 11.5 Å². The van der Waals surface area contributed by atoms with Gasteiger partial charge in [0.2, 0.25) is 0 Å². The lowest BCUT2D eigenvalue weighted by molar-refractivity contribution is 0.193. The molecule has 0 atom stereocenters. The molecule has 1 aliphatic carbocycles. The van der Waals surface area contributed by atoms with Crippen molar-refractivity contribution in [3.8, 4) is 11.5 Å². The molecule has 4 nitrogen and oxygen atoms in total. The molecule has 4 heteroatoms. The molecule has 0 spiro atoms. The third-order valence-corrected chi connectivity index (χ3v) is 2.56. The Morgan fingerprint density at radius 2 is 1.94 bits per heavy atom. The third-order valence-electron chi connectivity index (χ3n) is 2.56. The molecule has 2 rings (SSSR count). The van der Waals surface area contributed by atoms with Gasteiger partial charge in [-0.05, 0) is 18.2 Å². The Kier molecular flexibility index (Phi) is 3.69. The molecule has 2 N–H and O–H groups in total.